The molecule has 2 rings (SSSR count). The van der Waals surface area contributed by atoms with Gasteiger partial charge in [0.15, 0.2) is 0 Å². The Hall–Kier alpha value is -0.600. The topological polar surface area (TPSA) is 12.0 Å². The van der Waals surface area contributed by atoms with E-state index in [0.717, 1.165) is 0 Å². The average molecular weight is 228 g/mol. The highest BCUT2D eigenvalue weighted by molar-refractivity contribution is 6.30. The summed E-state index contributed by atoms with van der Waals surface area (Å²) in [5.74, 6) is -0.163. The summed E-state index contributed by atoms with van der Waals surface area (Å²) in [7, 11) is 0. The van der Waals surface area contributed by atoms with Crippen molar-refractivity contribution in [3.8, 4) is 0 Å². The minimum Gasteiger partial charge on any atom is -0.311 e. The van der Waals surface area contributed by atoms with E-state index in [1.807, 2.05) is 0 Å². The summed E-state index contributed by atoms with van der Waals surface area (Å²) < 4.78 is 13.4. The van der Waals surface area contributed by atoms with Crippen LogP contribution in [-0.2, 0) is 6.42 Å². The molecule has 1 saturated carbocycles. The van der Waals surface area contributed by atoms with E-state index in [2.05, 4.69) is 12.2 Å². The third-order valence-electron chi connectivity index (χ3n) is 2.63. The molecule has 0 aromatic heterocycles. The second-order valence-electron chi connectivity index (χ2n) is 4.28. The number of hydrogen-bond acceptors (Lipinski definition) is 1. The molecule has 1 aliphatic rings. The van der Waals surface area contributed by atoms with E-state index >= 15 is 0 Å². The van der Waals surface area contributed by atoms with E-state index in [1.54, 1.807) is 12.1 Å². The Labute approximate surface area is 94.6 Å². The molecule has 0 bridgehead atoms. The van der Waals surface area contributed by atoms with E-state index in [1.165, 1.54) is 18.9 Å². The van der Waals surface area contributed by atoms with Crippen LogP contribution in [0.15, 0.2) is 18.2 Å². The van der Waals surface area contributed by atoms with Crippen molar-refractivity contribution in [1.29, 1.82) is 0 Å². The zero-order chi connectivity index (χ0) is 10.8. The maximum Gasteiger partial charge on any atom is 0.126 e. The van der Waals surface area contributed by atoms with Crippen LogP contribution in [-0.4, -0.2) is 12.1 Å². The van der Waals surface area contributed by atoms with E-state index in [0.29, 0.717) is 29.1 Å². The zero-order valence-corrected chi connectivity index (χ0v) is 9.52. The van der Waals surface area contributed by atoms with Crippen LogP contribution in [0.3, 0.4) is 0 Å². The highest BCUT2D eigenvalue weighted by Gasteiger charge is 2.23. The fourth-order valence-electron chi connectivity index (χ4n) is 1.74. The smallest absolute Gasteiger partial charge is 0.126 e. The van der Waals surface area contributed by atoms with Gasteiger partial charge in [0.05, 0.1) is 0 Å². The highest BCUT2D eigenvalue weighted by atomic mass is 35.5. The van der Waals surface area contributed by atoms with Crippen molar-refractivity contribution >= 4 is 11.6 Å². The van der Waals surface area contributed by atoms with Crippen LogP contribution in [0.4, 0.5) is 4.39 Å². The summed E-state index contributed by atoms with van der Waals surface area (Å²) in [5.41, 5.74) is 0.697. The number of hydrogen-bond donors (Lipinski definition) is 1. The van der Waals surface area contributed by atoms with Gasteiger partial charge in [-0.15, -0.1) is 0 Å². The molecule has 0 heterocycles. The molecule has 0 aliphatic heterocycles. The third-order valence-corrected chi connectivity index (χ3v) is 2.87. The summed E-state index contributed by atoms with van der Waals surface area (Å²) in [4.78, 5) is 0. The monoisotopic (exact) mass is 227 g/mol. The molecule has 1 unspecified atom stereocenters. The molecule has 1 aromatic carbocycles. The van der Waals surface area contributed by atoms with E-state index in [4.69, 9.17) is 11.6 Å². The van der Waals surface area contributed by atoms with Crippen LogP contribution < -0.4 is 5.32 Å². The first kappa shape index (κ1) is 10.9. The van der Waals surface area contributed by atoms with Crippen molar-refractivity contribution in [1.82, 2.24) is 5.32 Å². The van der Waals surface area contributed by atoms with Crippen LogP contribution in [0.5, 0.6) is 0 Å². The molecule has 0 spiro atoms. The largest absolute Gasteiger partial charge is 0.311 e. The van der Waals surface area contributed by atoms with Crippen LogP contribution in [0.2, 0.25) is 5.02 Å². The van der Waals surface area contributed by atoms with Crippen LogP contribution in [0, 0.1) is 5.82 Å². The average Bonchev–Trinajstić information content (AvgIpc) is 2.95. The van der Waals surface area contributed by atoms with E-state index in [-0.39, 0.29) is 5.82 Å². The van der Waals surface area contributed by atoms with Crippen molar-refractivity contribution < 1.29 is 4.39 Å². The standard InChI is InChI=1S/C12H15ClFN/c1-8(15-11-3-4-11)6-9-7-10(13)2-5-12(9)14/h2,5,7-8,11,15H,3-4,6H2,1H3. The Kier molecular flexibility index (Phi) is 3.27. The molecule has 1 fully saturated rings. The summed E-state index contributed by atoms with van der Waals surface area (Å²) in [6.07, 6.45) is 3.20. The van der Waals surface area contributed by atoms with Gasteiger partial charge < -0.3 is 5.32 Å². The fourth-order valence-corrected chi connectivity index (χ4v) is 1.94. The predicted octanol–water partition coefficient (Wildman–Crippen LogP) is 3.16. The Morgan fingerprint density at radius 2 is 2.27 bits per heavy atom. The Morgan fingerprint density at radius 3 is 2.93 bits per heavy atom. The van der Waals surface area contributed by atoms with E-state index in [9.17, 15) is 4.39 Å². The maximum absolute atomic E-state index is 13.4. The van der Waals surface area contributed by atoms with Gasteiger partial charge in [0.1, 0.15) is 5.82 Å². The number of halogens is 2. The zero-order valence-electron chi connectivity index (χ0n) is 8.76. The van der Waals surface area contributed by atoms with Crippen LogP contribution in [0.25, 0.3) is 0 Å². The van der Waals surface area contributed by atoms with Gasteiger partial charge in [0, 0.05) is 17.1 Å². The number of rotatable bonds is 4. The van der Waals surface area contributed by atoms with Gasteiger partial charge in [-0.2, -0.15) is 0 Å². The molecule has 1 N–H and O–H groups in total. The van der Waals surface area contributed by atoms with Gasteiger partial charge in [-0.3, -0.25) is 0 Å². The lowest BCUT2D eigenvalue weighted by molar-refractivity contribution is 0.524. The molecule has 15 heavy (non-hydrogen) atoms. The third kappa shape index (κ3) is 3.18. The fraction of sp³-hybridized carbons (Fsp3) is 0.500. The minimum absolute atomic E-state index is 0.163. The highest BCUT2D eigenvalue weighted by Crippen LogP contribution is 2.21. The molecular weight excluding hydrogens is 213 g/mol. The first-order valence-corrected chi connectivity index (χ1v) is 5.73. The quantitative estimate of drug-likeness (QED) is 0.833. The molecule has 0 amide bonds. The summed E-state index contributed by atoms with van der Waals surface area (Å²) in [6.45, 7) is 2.08. The van der Waals surface area contributed by atoms with Crippen molar-refractivity contribution in [2.75, 3.05) is 0 Å². The first-order valence-electron chi connectivity index (χ1n) is 5.35. The molecule has 1 aromatic rings. The summed E-state index contributed by atoms with van der Waals surface area (Å²) in [5, 5.41) is 4.04. The molecule has 82 valence electrons. The lowest BCUT2D eigenvalue weighted by atomic mass is 10.1. The van der Waals surface area contributed by atoms with Gasteiger partial charge in [-0.25, -0.2) is 4.39 Å². The van der Waals surface area contributed by atoms with Crippen molar-refractivity contribution in [2.45, 2.75) is 38.3 Å². The van der Waals surface area contributed by atoms with Gasteiger partial charge in [-0.05, 0) is 49.9 Å². The Morgan fingerprint density at radius 1 is 1.53 bits per heavy atom. The molecule has 1 aliphatic carbocycles. The Bertz CT molecular complexity index is 349. The maximum atomic E-state index is 13.4. The van der Waals surface area contributed by atoms with Gasteiger partial charge in [-0.1, -0.05) is 11.6 Å². The van der Waals surface area contributed by atoms with Gasteiger partial charge in [0.25, 0.3) is 0 Å². The second-order valence-corrected chi connectivity index (χ2v) is 4.72. The second kappa shape index (κ2) is 4.50. The summed E-state index contributed by atoms with van der Waals surface area (Å²) >= 11 is 5.83. The molecule has 0 radical (unpaired) electrons. The number of nitrogens with one attached hydrogen (secondary N) is 1. The van der Waals surface area contributed by atoms with Crippen molar-refractivity contribution in [2.24, 2.45) is 0 Å². The van der Waals surface area contributed by atoms with Crippen LogP contribution >= 0.6 is 11.6 Å². The van der Waals surface area contributed by atoms with Gasteiger partial charge >= 0.3 is 0 Å². The number of benzene rings is 1. The first-order chi connectivity index (χ1) is 7.15. The molecule has 1 atom stereocenters. The van der Waals surface area contributed by atoms with Crippen LogP contribution in [0.1, 0.15) is 25.3 Å². The molecule has 1 nitrogen and oxygen atoms in total. The molecule has 0 saturated heterocycles. The van der Waals surface area contributed by atoms with Crippen molar-refractivity contribution in [3.05, 3.63) is 34.6 Å². The molecular formula is C12H15ClFN. The lowest BCUT2D eigenvalue weighted by Crippen LogP contribution is -2.30. The molecule has 3 heteroatoms. The lowest BCUT2D eigenvalue weighted by Gasteiger charge is -2.13. The SMILES string of the molecule is CC(Cc1cc(Cl)ccc1F)NC1CC1. The van der Waals surface area contributed by atoms with E-state index < -0.39 is 0 Å². The van der Waals surface area contributed by atoms with Gasteiger partial charge in [0.2, 0.25) is 0 Å². The Balaban J connectivity index is 1.98. The van der Waals surface area contributed by atoms with Crippen molar-refractivity contribution in [3.63, 3.8) is 0 Å². The summed E-state index contributed by atoms with van der Waals surface area (Å²) in [6, 6.07) is 5.69. The predicted molar refractivity (Wildman–Crippen MR) is 60.7 cm³/mol. The minimum atomic E-state index is -0.163. The normalized spacial score (nSPS) is 17.8.